The van der Waals surface area contributed by atoms with E-state index in [4.69, 9.17) is 5.26 Å². The third-order valence-electron chi connectivity index (χ3n) is 3.56. The van der Waals surface area contributed by atoms with Crippen molar-refractivity contribution < 1.29 is 0 Å². The van der Waals surface area contributed by atoms with Crippen molar-refractivity contribution in [2.24, 2.45) is 0 Å². The molecule has 1 fully saturated rings. The summed E-state index contributed by atoms with van der Waals surface area (Å²) in [5.74, 6) is 2.42. The fourth-order valence-electron chi connectivity index (χ4n) is 2.55. The summed E-state index contributed by atoms with van der Waals surface area (Å²) in [6.45, 7) is 3.98. The highest BCUT2D eigenvalue weighted by molar-refractivity contribution is 5.66. The Morgan fingerprint density at radius 2 is 1.95 bits per heavy atom. The molecule has 1 aliphatic heterocycles. The Hall–Kier alpha value is -2.61. The van der Waals surface area contributed by atoms with Crippen LogP contribution in [0.5, 0.6) is 0 Å². The topological polar surface area (TPSA) is 64.8 Å². The van der Waals surface area contributed by atoms with Crippen LogP contribution in [-0.4, -0.2) is 23.1 Å². The second-order valence-electron chi connectivity index (χ2n) is 5.14. The first-order chi connectivity index (χ1) is 10.3. The lowest BCUT2D eigenvalue weighted by Gasteiger charge is -2.18. The molecule has 0 aliphatic carbocycles. The summed E-state index contributed by atoms with van der Waals surface area (Å²) >= 11 is 0. The van der Waals surface area contributed by atoms with Gasteiger partial charge in [0.15, 0.2) is 0 Å². The van der Waals surface area contributed by atoms with Gasteiger partial charge in [-0.05, 0) is 31.9 Å². The molecule has 0 spiro atoms. The van der Waals surface area contributed by atoms with Crippen molar-refractivity contribution in [2.75, 3.05) is 23.3 Å². The standard InChI is InChI=1S/C16H17N5/c1-12-18-15(10-16(19-12)21-8-4-5-9-21)20-14-7-3-2-6-13(14)11-17/h2-3,6-7,10H,4-5,8-9H2,1H3,(H,18,19,20). The molecule has 2 heterocycles. The summed E-state index contributed by atoms with van der Waals surface area (Å²) in [6, 6.07) is 11.6. The van der Waals surface area contributed by atoms with Crippen LogP contribution in [0.3, 0.4) is 0 Å². The van der Waals surface area contributed by atoms with Gasteiger partial charge in [-0.1, -0.05) is 12.1 Å². The first-order valence-corrected chi connectivity index (χ1v) is 7.13. The molecular weight excluding hydrogens is 262 g/mol. The van der Waals surface area contributed by atoms with E-state index in [0.29, 0.717) is 5.56 Å². The van der Waals surface area contributed by atoms with E-state index in [0.717, 1.165) is 36.2 Å². The van der Waals surface area contributed by atoms with Crippen molar-refractivity contribution >= 4 is 17.3 Å². The lowest BCUT2D eigenvalue weighted by molar-refractivity contribution is 0.912. The lowest BCUT2D eigenvalue weighted by atomic mass is 10.2. The zero-order chi connectivity index (χ0) is 14.7. The minimum absolute atomic E-state index is 0.608. The SMILES string of the molecule is Cc1nc(Nc2ccccc2C#N)cc(N2CCCC2)n1. The van der Waals surface area contributed by atoms with Crippen molar-refractivity contribution in [1.82, 2.24) is 9.97 Å². The van der Waals surface area contributed by atoms with Crippen LogP contribution in [0, 0.1) is 18.3 Å². The number of nitrogens with zero attached hydrogens (tertiary/aromatic N) is 4. The van der Waals surface area contributed by atoms with Gasteiger partial charge in [-0.2, -0.15) is 5.26 Å². The number of para-hydroxylation sites is 1. The molecule has 0 radical (unpaired) electrons. The van der Waals surface area contributed by atoms with Gasteiger partial charge in [0.05, 0.1) is 11.3 Å². The fourth-order valence-corrected chi connectivity index (χ4v) is 2.55. The maximum absolute atomic E-state index is 9.15. The minimum atomic E-state index is 0.608. The van der Waals surface area contributed by atoms with Gasteiger partial charge in [0, 0.05) is 19.2 Å². The molecule has 1 aliphatic rings. The van der Waals surface area contributed by atoms with Crippen LogP contribution in [-0.2, 0) is 0 Å². The van der Waals surface area contributed by atoms with E-state index in [1.54, 1.807) is 6.07 Å². The highest BCUT2D eigenvalue weighted by Gasteiger charge is 2.15. The van der Waals surface area contributed by atoms with Crippen molar-refractivity contribution in [2.45, 2.75) is 19.8 Å². The smallest absolute Gasteiger partial charge is 0.136 e. The predicted octanol–water partition coefficient (Wildman–Crippen LogP) is 3.00. The van der Waals surface area contributed by atoms with Crippen molar-refractivity contribution in [3.8, 4) is 6.07 Å². The largest absolute Gasteiger partial charge is 0.356 e. The van der Waals surface area contributed by atoms with Crippen LogP contribution in [0.4, 0.5) is 17.3 Å². The lowest BCUT2D eigenvalue weighted by Crippen LogP contribution is -2.19. The van der Waals surface area contributed by atoms with E-state index in [2.05, 4.69) is 26.3 Å². The molecule has 1 aromatic heterocycles. The molecule has 1 N–H and O–H groups in total. The van der Waals surface area contributed by atoms with Gasteiger partial charge in [0.2, 0.25) is 0 Å². The highest BCUT2D eigenvalue weighted by Crippen LogP contribution is 2.24. The van der Waals surface area contributed by atoms with E-state index < -0.39 is 0 Å². The Morgan fingerprint density at radius 1 is 1.19 bits per heavy atom. The molecule has 21 heavy (non-hydrogen) atoms. The number of nitriles is 1. The quantitative estimate of drug-likeness (QED) is 0.935. The number of benzene rings is 1. The van der Waals surface area contributed by atoms with Gasteiger partial charge in [-0.25, -0.2) is 9.97 Å². The molecular formula is C16H17N5. The Morgan fingerprint density at radius 3 is 2.71 bits per heavy atom. The van der Waals surface area contributed by atoms with Crippen LogP contribution in [0.2, 0.25) is 0 Å². The summed E-state index contributed by atoms with van der Waals surface area (Å²) < 4.78 is 0. The molecule has 2 aromatic rings. The normalized spacial score (nSPS) is 14.0. The van der Waals surface area contributed by atoms with Crippen LogP contribution >= 0.6 is 0 Å². The van der Waals surface area contributed by atoms with E-state index in [9.17, 15) is 0 Å². The Kier molecular flexibility index (Phi) is 3.69. The molecule has 0 bridgehead atoms. The van der Waals surface area contributed by atoms with Crippen molar-refractivity contribution in [1.29, 1.82) is 5.26 Å². The second kappa shape index (κ2) is 5.80. The van der Waals surface area contributed by atoms with Crippen LogP contribution in [0.1, 0.15) is 24.2 Å². The first-order valence-electron chi connectivity index (χ1n) is 7.13. The summed E-state index contributed by atoms with van der Waals surface area (Å²) in [4.78, 5) is 11.2. The van der Waals surface area contributed by atoms with Crippen LogP contribution in [0.15, 0.2) is 30.3 Å². The molecule has 1 aromatic carbocycles. The number of nitrogens with one attached hydrogen (secondary N) is 1. The first kappa shape index (κ1) is 13.4. The molecule has 5 nitrogen and oxygen atoms in total. The van der Waals surface area contributed by atoms with Crippen LogP contribution in [0.25, 0.3) is 0 Å². The molecule has 1 saturated heterocycles. The van der Waals surface area contributed by atoms with Gasteiger partial charge in [0.25, 0.3) is 0 Å². The van der Waals surface area contributed by atoms with Gasteiger partial charge in [0.1, 0.15) is 23.5 Å². The molecule has 0 unspecified atom stereocenters. The zero-order valence-corrected chi connectivity index (χ0v) is 12.0. The van der Waals surface area contributed by atoms with E-state index in [1.165, 1.54) is 12.8 Å². The predicted molar refractivity (Wildman–Crippen MR) is 82.7 cm³/mol. The van der Waals surface area contributed by atoms with E-state index >= 15 is 0 Å². The molecule has 0 atom stereocenters. The summed E-state index contributed by atoms with van der Waals surface area (Å²) in [5, 5.41) is 12.4. The summed E-state index contributed by atoms with van der Waals surface area (Å²) in [7, 11) is 0. The molecule has 3 rings (SSSR count). The Balaban J connectivity index is 1.90. The van der Waals surface area contributed by atoms with E-state index in [1.807, 2.05) is 31.2 Å². The summed E-state index contributed by atoms with van der Waals surface area (Å²) in [5.41, 5.74) is 1.38. The number of anilines is 3. The Bertz CT molecular complexity index is 683. The highest BCUT2D eigenvalue weighted by atomic mass is 15.2. The monoisotopic (exact) mass is 279 g/mol. The molecule has 106 valence electrons. The molecule has 0 saturated carbocycles. The second-order valence-corrected chi connectivity index (χ2v) is 5.14. The third-order valence-corrected chi connectivity index (χ3v) is 3.56. The van der Waals surface area contributed by atoms with Gasteiger partial charge in [-0.3, -0.25) is 0 Å². The average Bonchev–Trinajstić information content (AvgIpc) is 3.01. The third kappa shape index (κ3) is 2.95. The Labute approximate surface area is 124 Å². The fraction of sp³-hybridized carbons (Fsp3) is 0.312. The number of hydrogen-bond acceptors (Lipinski definition) is 5. The molecule has 5 heteroatoms. The van der Waals surface area contributed by atoms with Crippen molar-refractivity contribution in [3.63, 3.8) is 0 Å². The number of rotatable bonds is 3. The van der Waals surface area contributed by atoms with Gasteiger partial charge < -0.3 is 10.2 Å². The molecule has 0 amide bonds. The maximum atomic E-state index is 9.15. The van der Waals surface area contributed by atoms with Crippen molar-refractivity contribution in [3.05, 3.63) is 41.7 Å². The minimum Gasteiger partial charge on any atom is -0.356 e. The zero-order valence-electron chi connectivity index (χ0n) is 12.0. The van der Waals surface area contributed by atoms with Crippen LogP contribution < -0.4 is 10.2 Å². The maximum Gasteiger partial charge on any atom is 0.136 e. The average molecular weight is 279 g/mol. The number of hydrogen-bond donors (Lipinski definition) is 1. The number of aryl methyl sites for hydroxylation is 1. The van der Waals surface area contributed by atoms with Gasteiger partial charge >= 0.3 is 0 Å². The van der Waals surface area contributed by atoms with E-state index in [-0.39, 0.29) is 0 Å². The number of aromatic nitrogens is 2. The van der Waals surface area contributed by atoms with Gasteiger partial charge in [-0.15, -0.1) is 0 Å². The summed E-state index contributed by atoms with van der Waals surface area (Å²) in [6.07, 6.45) is 2.42.